The van der Waals surface area contributed by atoms with Crippen molar-refractivity contribution in [3.05, 3.63) is 59.9 Å². The van der Waals surface area contributed by atoms with E-state index >= 15 is 0 Å². The number of aryl methyl sites for hydroxylation is 2. The highest BCUT2D eigenvalue weighted by Crippen LogP contribution is 2.27. The van der Waals surface area contributed by atoms with Crippen LogP contribution in [-0.2, 0) is 14.1 Å². The van der Waals surface area contributed by atoms with Gasteiger partial charge in [0.15, 0.2) is 11.6 Å². The van der Waals surface area contributed by atoms with E-state index in [0.717, 1.165) is 57.5 Å². The predicted octanol–water partition coefficient (Wildman–Crippen LogP) is 4.66. The number of ketones is 2. The van der Waals surface area contributed by atoms with Crippen molar-refractivity contribution in [2.75, 3.05) is 55.5 Å². The number of methoxy groups -OCH3 is 2. The first-order valence-corrected chi connectivity index (χ1v) is 12.7. The number of hydrogen-bond acceptors (Lipinski definition) is 6. The summed E-state index contributed by atoms with van der Waals surface area (Å²) in [5.74, 6) is 1.90. The van der Waals surface area contributed by atoms with Crippen LogP contribution in [-0.4, -0.2) is 91.5 Å². The number of hydrogen-bond donors (Lipinski definition) is 0. The zero-order chi connectivity index (χ0) is 28.0. The van der Waals surface area contributed by atoms with Gasteiger partial charge in [-0.25, -0.2) is 0 Å². The van der Waals surface area contributed by atoms with E-state index in [1.54, 1.807) is 14.2 Å². The lowest BCUT2D eigenvalue weighted by Crippen LogP contribution is -2.16. The van der Waals surface area contributed by atoms with Crippen LogP contribution >= 0.6 is 24.8 Å². The number of nitrogens with zero attached hydrogens (tertiary/aromatic N) is 4. The molecular formula is C30H44Cl2N4O5. The molecule has 0 fully saturated rings. The lowest BCUT2D eigenvalue weighted by Gasteiger charge is -2.07. The average molecular weight is 612 g/mol. The van der Waals surface area contributed by atoms with Crippen molar-refractivity contribution < 1.29 is 24.5 Å². The molecule has 0 amide bonds. The van der Waals surface area contributed by atoms with Gasteiger partial charge in [-0.05, 0) is 64.6 Å². The summed E-state index contributed by atoms with van der Waals surface area (Å²) < 4.78 is 14.4. The second kappa shape index (κ2) is 17.0. The first-order chi connectivity index (χ1) is 18.0. The summed E-state index contributed by atoms with van der Waals surface area (Å²) in [6.07, 6.45) is 4.87. The average Bonchev–Trinajstić information content (AvgIpc) is 3.41. The molecule has 0 aliphatic rings. The third-order valence-corrected chi connectivity index (χ3v) is 6.57. The summed E-state index contributed by atoms with van der Waals surface area (Å²) in [5.41, 5.74) is 3.65. The number of rotatable bonds is 10. The highest BCUT2D eigenvalue weighted by atomic mass is 35.5. The summed E-state index contributed by atoms with van der Waals surface area (Å²) in [6, 6.07) is 11.6. The largest absolute Gasteiger partial charge is 0.497 e. The Kier molecular flexibility index (Phi) is 15.7. The Morgan fingerprint density at radius 1 is 0.683 bits per heavy atom. The van der Waals surface area contributed by atoms with Gasteiger partial charge in [-0.1, -0.05) is 0 Å². The number of benzene rings is 2. The van der Waals surface area contributed by atoms with E-state index in [0.29, 0.717) is 12.8 Å². The van der Waals surface area contributed by atoms with Gasteiger partial charge in [0.05, 0.1) is 14.2 Å². The molecule has 228 valence electrons. The number of fused-ring (bicyclic) bond motifs is 2. The Balaban J connectivity index is 0.000000727. The summed E-state index contributed by atoms with van der Waals surface area (Å²) in [4.78, 5) is 28.6. The van der Waals surface area contributed by atoms with Gasteiger partial charge in [0, 0.05) is 85.4 Å². The van der Waals surface area contributed by atoms with Crippen molar-refractivity contribution in [1.29, 1.82) is 0 Å². The standard InChI is InChI=1S/2C15H20N2O2.2ClH.H2O/c2*1-16(2)8-7-15(18)13-10-17(3)14-6-5-11(19-4)9-12(13)14;;;/h2*5-6,9-10H,7-8H2,1-4H3;2*1H;1H2. The molecule has 2 aromatic carbocycles. The van der Waals surface area contributed by atoms with E-state index in [1.165, 1.54) is 0 Å². The molecule has 0 aliphatic carbocycles. The Bertz CT molecular complexity index is 1320. The molecule has 2 heterocycles. The predicted molar refractivity (Wildman–Crippen MR) is 172 cm³/mol. The Morgan fingerprint density at radius 2 is 1.02 bits per heavy atom. The molecule has 0 unspecified atom stereocenters. The summed E-state index contributed by atoms with van der Waals surface area (Å²) >= 11 is 0. The second-order valence-corrected chi connectivity index (χ2v) is 10.0. The summed E-state index contributed by atoms with van der Waals surface area (Å²) in [5, 5.41) is 1.93. The van der Waals surface area contributed by atoms with Crippen LogP contribution in [0.3, 0.4) is 0 Å². The minimum absolute atomic E-state index is 0. The molecule has 11 heteroatoms. The van der Waals surface area contributed by atoms with Crippen molar-refractivity contribution >= 4 is 58.2 Å². The lowest BCUT2D eigenvalue weighted by atomic mass is 10.1. The zero-order valence-electron chi connectivity index (χ0n) is 25.2. The van der Waals surface area contributed by atoms with Gasteiger partial charge in [0.1, 0.15) is 11.5 Å². The molecule has 9 nitrogen and oxygen atoms in total. The Morgan fingerprint density at radius 3 is 1.32 bits per heavy atom. The topological polar surface area (TPSA) is 100 Å². The molecular weight excluding hydrogens is 567 g/mol. The van der Waals surface area contributed by atoms with Crippen molar-refractivity contribution in [3.63, 3.8) is 0 Å². The first kappa shape index (κ1) is 37.9. The van der Waals surface area contributed by atoms with Crippen LogP contribution in [0.4, 0.5) is 0 Å². The summed E-state index contributed by atoms with van der Waals surface area (Å²) in [6.45, 7) is 1.53. The molecule has 41 heavy (non-hydrogen) atoms. The number of halogens is 2. The maximum absolute atomic E-state index is 12.3. The first-order valence-electron chi connectivity index (χ1n) is 12.7. The fourth-order valence-electron chi connectivity index (χ4n) is 4.36. The minimum Gasteiger partial charge on any atom is -0.497 e. The molecule has 0 radical (unpaired) electrons. The molecule has 2 N–H and O–H groups in total. The molecule has 4 aromatic rings. The smallest absolute Gasteiger partial charge is 0.166 e. The molecule has 0 aliphatic heterocycles. The molecule has 0 spiro atoms. The number of ether oxygens (including phenoxy) is 2. The van der Waals surface area contributed by atoms with Gasteiger partial charge in [-0.15, -0.1) is 24.8 Å². The minimum atomic E-state index is 0. The van der Waals surface area contributed by atoms with Crippen LogP contribution in [0.2, 0.25) is 0 Å². The van der Waals surface area contributed by atoms with E-state index in [9.17, 15) is 9.59 Å². The van der Waals surface area contributed by atoms with Gasteiger partial charge in [-0.2, -0.15) is 0 Å². The van der Waals surface area contributed by atoms with E-state index in [-0.39, 0.29) is 41.9 Å². The molecule has 0 saturated heterocycles. The van der Waals surface area contributed by atoms with Crippen LogP contribution in [0.15, 0.2) is 48.8 Å². The number of aromatic nitrogens is 2. The van der Waals surface area contributed by atoms with E-state index in [2.05, 4.69) is 0 Å². The van der Waals surface area contributed by atoms with Gasteiger partial charge in [-0.3, -0.25) is 9.59 Å². The number of Topliss-reactive ketones (excluding diaryl/α,β-unsaturated/α-hetero) is 2. The van der Waals surface area contributed by atoms with Crippen LogP contribution in [0.25, 0.3) is 21.8 Å². The third kappa shape index (κ3) is 9.48. The maximum Gasteiger partial charge on any atom is 0.166 e. The van der Waals surface area contributed by atoms with E-state index < -0.39 is 0 Å². The normalized spacial score (nSPS) is 10.4. The van der Waals surface area contributed by atoms with Crippen LogP contribution in [0.5, 0.6) is 11.5 Å². The van der Waals surface area contributed by atoms with Crippen molar-refractivity contribution in [2.24, 2.45) is 14.1 Å². The molecule has 2 aromatic heterocycles. The lowest BCUT2D eigenvalue weighted by molar-refractivity contribution is 0.0966. The highest BCUT2D eigenvalue weighted by molar-refractivity contribution is 6.09. The zero-order valence-corrected chi connectivity index (χ0v) is 26.8. The quantitative estimate of drug-likeness (QED) is 0.242. The molecule has 0 bridgehead atoms. The van der Waals surface area contributed by atoms with Gasteiger partial charge < -0.3 is 33.9 Å². The van der Waals surface area contributed by atoms with Crippen molar-refractivity contribution in [3.8, 4) is 11.5 Å². The molecule has 0 saturated carbocycles. The van der Waals surface area contributed by atoms with Crippen molar-refractivity contribution in [1.82, 2.24) is 18.9 Å². The van der Waals surface area contributed by atoms with Crippen LogP contribution in [0.1, 0.15) is 33.6 Å². The Labute approximate surface area is 255 Å². The Hall–Kier alpha value is -3.08. The van der Waals surface area contributed by atoms with E-state index in [1.807, 2.05) is 110 Å². The van der Waals surface area contributed by atoms with Gasteiger partial charge in [0.2, 0.25) is 0 Å². The molecule has 0 atom stereocenters. The fraction of sp³-hybridized carbons (Fsp3) is 0.400. The highest BCUT2D eigenvalue weighted by Gasteiger charge is 2.16. The summed E-state index contributed by atoms with van der Waals surface area (Å²) in [7, 11) is 15.1. The second-order valence-electron chi connectivity index (χ2n) is 10.0. The third-order valence-electron chi connectivity index (χ3n) is 6.57. The van der Waals surface area contributed by atoms with Crippen LogP contribution < -0.4 is 9.47 Å². The maximum atomic E-state index is 12.3. The number of carbonyl (C=O) groups excluding carboxylic acids is 2. The fourth-order valence-corrected chi connectivity index (χ4v) is 4.36. The van der Waals surface area contributed by atoms with Crippen molar-refractivity contribution in [2.45, 2.75) is 12.8 Å². The van der Waals surface area contributed by atoms with Gasteiger partial charge in [0.25, 0.3) is 0 Å². The van der Waals surface area contributed by atoms with Gasteiger partial charge >= 0.3 is 0 Å². The van der Waals surface area contributed by atoms with Crippen LogP contribution in [0, 0.1) is 0 Å². The SMILES string of the molecule is COc1ccc2c(c1)c(C(=O)CCN(C)C)cn2C.COc1ccc2c(c1)c(C(=O)CCN(C)C)cn2C.Cl.Cl.O. The molecule has 4 rings (SSSR count). The monoisotopic (exact) mass is 610 g/mol. The number of carbonyl (C=O) groups is 2. The van der Waals surface area contributed by atoms with E-state index in [4.69, 9.17) is 9.47 Å².